The number of piperidine rings is 1. The van der Waals surface area contributed by atoms with E-state index < -0.39 is 23.6 Å². The van der Waals surface area contributed by atoms with E-state index in [-0.39, 0.29) is 19.0 Å². The first kappa shape index (κ1) is 24.1. The molecule has 0 aliphatic carbocycles. The van der Waals surface area contributed by atoms with Crippen molar-refractivity contribution in [1.82, 2.24) is 5.32 Å². The molecule has 2 aliphatic heterocycles. The van der Waals surface area contributed by atoms with Crippen LogP contribution in [0.3, 0.4) is 0 Å². The van der Waals surface area contributed by atoms with Crippen molar-refractivity contribution in [1.29, 1.82) is 5.26 Å². The Balaban J connectivity index is 1.42. The molecule has 4 rings (SSSR count). The predicted molar refractivity (Wildman–Crippen MR) is 129 cm³/mol. The highest BCUT2D eigenvalue weighted by Gasteiger charge is 2.37. The lowest BCUT2D eigenvalue weighted by molar-refractivity contribution is -0.119. The highest BCUT2D eigenvalue weighted by Crippen LogP contribution is 2.35. The normalized spacial score (nSPS) is 19.0. The van der Waals surface area contributed by atoms with E-state index >= 15 is 4.39 Å². The minimum atomic E-state index is -0.788. The molecule has 9 nitrogen and oxygen atoms in total. The van der Waals surface area contributed by atoms with Crippen molar-refractivity contribution in [2.45, 2.75) is 31.4 Å². The molecule has 1 atom stereocenters. The molecule has 2 fully saturated rings. The van der Waals surface area contributed by atoms with Crippen molar-refractivity contribution in [2.24, 2.45) is 0 Å². The third-order valence-corrected chi connectivity index (χ3v) is 6.35. The van der Waals surface area contributed by atoms with Gasteiger partial charge in [-0.2, -0.15) is 5.26 Å². The number of rotatable bonds is 7. The number of hydrogen-bond donors (Lipinski definition) is 2. The number of methoxy groups -OCH3 is 1. The number of hydrogen-bond acceptors (Lipinski definition) is 7. The topological polar surface area (TPSA) is 107 Å². The summed E-state index contributed by atoms with van der Waals surface area (Å²) in [6, 6.07) is 14.5. The van der Waals surface area contributed by atoms with Crippen molar-refractivity contribution in [2.75, 3.05) is 48.4 Å². The monoisotopic (exact) mass is 481 g/mol. The maximum Gasteiger partial charge on any atom is 0.414 e. The molecule has 2 aromatic rings. The van der Waals surface area contributed by atoms with Crippen LogP contribution >= 0.6 is 0 Å². The molecule has 0 spiro atoms. The van der Waals surface area contributed by atoms with Crippen molar-refractivity contribution in [3.8, 4) is 11.8 Å². The molecule has 2 N–H and O–H groups in total. The van der Waals surface area contributed by atoms with Gasteiger partial charge in [-0.05, 0) is 30.3 Å². The summed E-state index contributed by atoms with van der Waals surface area (Å²) in [5.74, 6) is -0.0105. The summed E-state index contributed by atoms with van der Waals surface area (Å²) < 4.78 is 25.8. The van der Waals surface area contributed by atoms with Crippen LogP contribution in [0.25, 0.3) is 0 Å². The van der Waals surface area contributed by atoms with Crippen LogP contribution in [0, 0.1) is 17.1 Å². The Kier molecular flexibility index (Phi) is 6.96. The lowest BCUT2D eigenvalue weighted by Crippen LogP contribution is -2.48. The van der Waals surface area contributed by atoms with E-state index in [0.29, 0.717) is 43.1 Å². The van der Waals surface area contributed by atoms with Crippen LogP contribution < -0.4 is 25.2 Å². The summed E-state index contributed by atoms with van der Waals surface area (Å²) in [4.78, 5) is 26.6. The molecule has 0 bridgehead atoms. The molecule has 0 saturated carbocycles. The molecular formula is C25H28FN5O4. The highest BCUT2D eigenvalue weighted by atomic mass is 19.1. The molecule has 0 radical (unpaired) electrons. The number of amides is 2. The van der Waals surface area contributed by atoms with E-state index in [1.165, 1.54) is 17.9 Å². The maximum atomic E-state index is 15.1. The van der Waals surface area contributed by atoms with Gasteiger partial charge in [0.2, 0.25) is 5.91 Å². The van der Waals surface area contributed by atoms with Gasteiger partial charge in [0.1, 0.15) is 23.2 Å². The fourth-order valence-corrected chi connectivity index (χ4v) is 4.42. The Morgan fingerprint density at radius 1 is 1.29 bits per heavy atom. The predicted octanol–water partition coefficient (Wildman–Crippen LogP) is 3.27. The number of ether oxygens (including phenoxy) is 2. The van der Waals surface area contributed by atoms with Crippen molar-refractivity contribution >= 4 is 29.1 Å². The van der Waals surface area contributed by atoms with Crippen LogP contribution in [-0.2, 0) is 9.53 Å². The first-order chi connectivity index (χ1) is 16.8. The summed E-state index contributed by atoms with van der Waals surface area (Å²) in [5, 5.41) is 15.9. The summed E-state index contributed by atoms with van der Waals surface area (Å²) in [7, 11) is 1.58. The molecule has 10 heteroatoms. The van der Waals surface area contributed by atoms with Crippen LogP contribution in [0.2, 0.25) is 0 Å². The summed E-state index contributed by atoms with van der Waals surface area (Å²) in [6.07, 6.45) is -0.0873. The number of nitrogens with one attached hydrogen (secondary N) is 2. The Morgan fingerprint density at radius 3 is 2.69 bits per heavy atom. The van der Waals surface area contributed by atoms with Gasteiger partial charge < -0.3 is 25.0 Å². The number of nitriles is 1. The van der Waals surface area contributed by atoms with Gasteiger partial charge >= 0.3 is 6.09 Å². The van der Waals surface area contributed by atoms with Gasteiger partial charge in [-0.3, -0.25) is 9.69 Å². The molecule has 184 valence electrons. The zero-order valence-electron chi connectivity index (χ0n) is 19.7. The second kappa shape index (κ2) is 10.1. The van der Waals surface area contributed by atoms with Gasteiger partial charge in [0, 0.05) is 32.9 Å². The Morgan fingerprint density at radius 2 is 2.03 bits per heavy atom. The SMILES string of the molecule is COc1ccccc1NC1(C#N)CCN(c2ccc(N3C[C@H](CNC(C)=O)OC3=O)cc2F)CC1. The lowest BCUT2D eigenvalue weighted by atomic mass is 9.88. The number of anilines is 3. The van der Waals surface area contributed by atoms with E-state index in [0.717, 1.165) is 5.69 Å². The minimum Gasteiger partial charge on any atom is -0.495 e. The Hall–Kier alpha value is -4.00. The van der Waals surface area contributed by atoms with Crippen LogP contribution in [0.5, 0.6) is 5.75 Å². The smallest absolute Gasteiger partial charge is 0.414 e. The summed E-state index contributed by atoms with van der Waals surface area (Å²) in [5.41, 5.74) is 0.765. The molecule has 2 amide bonds. The van der Waals surface area contributed by atoms with Crippen molar-refractivity contribution in [3.05, 3.63) is 48.3 Å². The van der Waals surface area contributed by atoms with Gasteiger partial charge in [0.05, 0.1) is 43.3 Å². The van der Waals surface area contributed by atoms with Gasteiger partial charge in [-0.15, -0.1) is 0 Å². The molecular weight excluding hydrogens is 453 g/mol. The minimum absolute atomic E-state index is 0.204. The zero-order chi connectivity index (χ0) is 25.0. The molecule has 2 saturated heterocycles. The standard InChI is InChI=1S/C25H28FN5O4/c1-17(32)28-14-19-15-31(24(33)35-19)18-7-8-22(20(26)13-18)30-11-9-25(16-27,10-12-30)29-21-5-3-4-6-23(21)34-2/h3-8,13,19,29H,9-12,14-15H2,1-2H3,(H,28,32)/t19-/m0/s1. The van der Waals surface area contributed by atoms with E-state index in [9.17, 15) is 14.9 Å². The average Bonchev–Trinajstić information content (AvgIpc) is 3.24. The van der Waals surface area contributed by atoms with Crippen molar-refractivity contribution < 1.29 is 23.5 Å². The van der Waals surface area contributed by atoms with Crippen LogP contribution in [0.1, 0.15) is 19.8 Å². The number of carbonyl (C=O) groups is 2. The lowest BCUT2D eigenvalue weighted by Gasteiger charge is -2.39. The fraction of sp³-hybridized carbons (Fsp3) is 0.400. The van der Waals surface area contributed by atoms with Crippen molar-refractivity contribution in [3.63, 3.8) is 0 Å². The third-order valence-electron chi connectivity index (χ3n) is 6.35. The van der Waals surface area contributed by atoms with Crippen LogP contribution in [0.4, 0.5) is 26.2 Å². The van der Waals surface area contributed by atoms with Gasteiger partial charge in [0.15, 0.2) is 0 Å². The van der Waals surface area contributed by atoms with Crippen LogP contribution in [0.15, 0.2) is 42.5 Å². The summed E-state index contributed by atoms with van der Waals surface area (Å²) in [6.45, 7) is 2.78. The average molecular weight is 482 g/mol. The van der Waals surface area contributed by atoms with E-state index in [2.05, 4.69) is 16.7 Å². The largest absolute Gasteiger partial charge is 0.495 e. The third kappa shape index (κ3) is 5.24. The molecule has 0 unspecified atom stereocenters. The van der Waals surface area contributed by atoms with E-state index in [4.69, 9.17) is 9.47 Å². The number of nitrogens with zero attached hydrogens (tertiary/aromatic N) is 3. The fourth-order valence-electron chi connectivity index (χ4n) is 4.42. The molecule has 2 heterocycles. The number of halogens is 1. The number of carbonyl (C=O) groups excluding carboxylic acids is 2. The first-order valence-electron chi connectivity index (χ1n) is 11.4. The quantitative estimate of drug-likeness (QED) is 0.625. The van der Waals surface area contributed by atoms with E-state index in [1.54, 1.807) is 19.2 Å². The van der Waals surface area contributed by atoms with E-state index in [1.807, 2.05) is 29.2 Å². The number of benzene rings is 2. The second-order valence-electron chi connectivity index (χ2n) is 8.70. The molecule has 2 aromatic carbocycles. The van der Waals surface area contributed by atoms with Gasteiger partial charge in [-0.1, -0.05) is 12.1 Å². The molecule has 0 aromatic heterocycles. The van der Waals surface area contributed by atoms with Gasteiger partial charge in [-0.25, -0.2) is 9.18 Å². The zero-order valence-corrected chi connectivity index (χ0v) is 19.7. The summed E-state index contributed by atoms with van der Waals surface area (Å²) >= 11 is 0. The maximum absolute atomic E-state index is 15.1. The molecule has 2 aliphatic rings. The Labute approximate surface area is 203 Å². The Bertz CT molecular complexity index is 1140. The second-order valence-corrected chi connectivity index (χ2v) is 8.70. The molecule has 35 heavy (non-hydrogen) atoms. The highest BCUT2D eigenvalue weighted by molar-refractivity contribution is 5.90. The van der Waals surface area contributed by atoms with Crippen LogP contribution in [-0.4, -0.2) is 56.9 Å². The first-order valence-corrected chi connectivity index (χ1v) is 11.4. The van der Waals surface area contributed by atoms with Gasteiger partial charge in [0.25, 0.3) is 0 Å². The number of cyclic esters (lactones) is 1. The number of para-hydroxylation sites is 2.